The van der Waals surface area contributed by atoms with Crippen molar-refractivity contribution in [3.05, 3.63) is 12.2 Å². The van der Waals surface area contributed by atoms with Gasteiger partial charge in [-0.3, -0.25) is 0 Å². The van der Waals surface area contributed by atoms with Crippen LogP contribution in [0.4, 0.5) is 0 Å². The third-order valence-corrected chi connectivity index (χ3v) is 1.56. The number of aliphatic hydroxyl groups is 2. The lowest BCUT2D eigenvalue weighted by Gasteiger charge is -2.08. The van der Waals surface area contributed by atoms with Gasteiger partial charge < -0.3 is 15.3 Å². The van der Waals surface area contributed by atoms with Gasteiger partial charge in [-0.25, -0.2) is 4.79 Å². The highest BCUT2D eigenvalue weighted by molar-refractivity contribution is 5.86. The summed E-state index contributed by atoms with van der Waals surface area (Å²) < 4.78 is 0. The van der Waals surface area contributed by atoms with E-state index in [-0.39, 0.29) is 12.2 Å². The van der Waals surface area contributed by atoms with Gasteiger partial charge in [-0.1, -0.05) is 6.58 Å². The van der Waals surface area contributed by atoms with Gasteiger partial charge in [-0.15, -0.1) is 0 Å². The molecule has 0 rings (SSSR count). The fourth-order valence-corrected chi connectivity index (χ4v) is 0.766. The summed E-state index contributed by atoms with van der Waals surface area (Å²) in [5.41, 5.74) is -0.187. The van der Waals surface area contributed by atoms with Gasteiger partial charge in [0.25, 0.3) is 0 Å². The molecule has 0 amide bonds. The van der Waals surface area contributed by atoms with Gasteiger partial charge in [0.05, 0.1) is 11.7 Å². The average molecular weight is 174 g/mol. The Balaban J connectivity index is 3.64. The third kappa shape index (κ3) is 4.10. The van der Waals surface area contributed by atoms with Crippen LogP contribution < -0.4 is 0 Å². The van der Waals surface area contributed by atoms with Crippen molar-refractivity contribution in [2.24, 2.45) is 0 Å². The van der Waals surface area contributed by atoms with Crippen LogP contribution in [0.5, 0.6) is 0 Å². The van der Waals surface area contributed by atoms with E-state index in [1.54, 1.807) is 0 Å². The average Bonchev–Trinajstić information content (AvgIpc) is 2.03. The molecule has 0 radical (unpaired) electrons. The van der Waals surface area contributed by atoms with Crippen LogP contribution in [0.2, 0.25) is 0 Å². The molecule has 0 aliphatic rings. The van der Waals surface area contributed by atoms with Crippen molar-refractivity contribution in [2.75, 3.05) is 6.61 Å². The molecule has 3 N–H and O–H groups in total. The molecule has 0 aromatic rings. The zero-order valence-electron chi connectivity index (χ0n) is 6.86. The van der Waals surface area contributed by atoms with E-state index >= 15 is 0 Å². The molecule has 1 unspecified atom stereocenters. The molecule has 0 saturated carbocycles. The minimum absolute atomic E-state index is 0.0618. The van der Waals surface area contributed by atoms with Crippen LogP contribution in [-0.2, 0) is 4.79 Å². The van der Waals surface area contributed by atoms with Crippen LogP contribution in [0, 0.1) is 0 Å². The Kier molecular flexibility index (Phi) is 5.32. The summed E-state index contributed by atoms with van der Waals surface area (Å²) in [4.78, 5) is 10.3. The molecular weight excluding hydrogens is 160 g/mol. The number of carboxylic acid groups (broad SMARTS) is 1. The Morgan fingerprint density at radius 2 is 2.00 bits per heavy atom. The van der Waals surface area contributed by atoms with Crippen LogP contribution in [0.1, 0.15) is 19.3 Å². The largest absolute Gasteiger partial charge is 0.478 e. The molecule has 70 valence electrons. The van der Waals surface area contributed by atoms with Crippen molar-refractivity contribution in [3.63, 3.8) is 0 Å². The lowest BCUT2D eigenvalue weighted by atomic mass is 10.1. The highest BCUT2D eigenvalue weighted by Gasteiger charge is 2.14. The molecular formula is C8H14O4. The summed E-state index contributed by atoms with van der Waals surface area (Å²) in [6.45, 7) is 3.28. The van der Waals surface area contributed by atoms with E-state index in [2.05, 4.69) is 6.58 Å². The molecule has 0 spiro atoms. The third-order valence-electron chi connectivity index (χ3n) is 1.56. The lowest BCUT2D eigenvalue weighted by Crippen LogP contribution is -2.16. The summed E-state index contributed by atoms with van der Waals surface area (Å²) in [7, 11) is 0. The molecule has 0 heterocycles. The van der Waals surface area contributed by atoms with Crippen molar-refractivity contribution < 1.29 is 20.1 Å². The van der Waals surface area contributed by atoms with E-state index in [4.69, 9.17) is 15.3 Å². The molecule has 0 saturated heterocycles. The van der Waals surface area contributed by atoms with E-state index < -0.39 is 12.1 Å². The summed E-state index contributed by atoms with van der Waals surface area (Å²) in [5.74, 6) is -1.17. The zero-order valence-corrected chi connectivity index (χ0v) is 6.86. The summed E-state index contributed by atoms with van der Waals surface area (Å²) in [6.07, 6.45) is 0.522. The van der Waals surface area contributed by atoms with Crippen LogP contribution in [-0.4, -0.2) is 34.0 Å². The van der Waals surface area contributed by atoms with Gasteiger partial charge in [0.2, 0.25) is 0 Å². The maximum atomic E-state index is 10.3. The van der Waals surface area contributed by atoms with Crippen LogP contribution in [0.3, 0.4) is 0 Å². The lowest BCUT2D eigenvalue weighted by molar-refractivity contribution is -0.133. The number of aliphatic carboxylic acids is 1. The maximum Gasteiger partial charge on any atom is 0.333 e. The molecule has 0 fully saturated rings. The molecule has 4 heteroatoms. The quantitative estimate of drug-likeness (QED) is 0.395. The Hall–Kier alpha value is -0.870. The van der Waals surface area contributed by atoms with Gasteiger partial charge in [0, 0.05) is 6.61 Å². The first-order chi connectivity index (χ1) is 5.59. The second kappa shape index (κ2) is 5.74. The normalized spacial score (nSPS) is 12.5. The zero-order chi connectivity index (χ0) is 9.56. The van der Waals surface area contributed by atoms with Crippen LogP contribution >= 0.6 is 0 Å². The number of aliphatic hydroxyl groups excluding tert-OH is 2. The number of hydrogen-bond donors (Lipinski definition) is 3. The van der Waals surface area contributed by atoms with E-state index in [0.29, 0.717) is 19.3 Å². The van der Waals surface area contributed by atoms with Crippen molar-refractivity contribution in [3.8, 4) is 0 Å². The van der Waals surface area contributed by atoms with Gasteiger partial charge in [0.15, 0.2) is 0 Å². The van der Waals surface area contributed by atoms with Gasteiger partial charge >= 0.3 is 5.97 Å². The molecule has 0 aromatic heterocycles. The van der Waals surface area contributed by atoms with Crippen molar-refractivity contribution in [1.29, 1.82) is 0 Å². The number of rotatable bonds is 6. The minimum Gasteiger partial charge on any atom is -0.478 e. The first kappa shape index (κ1) is 11.1. The summed E-state index contributed by atoms with van der Waals surface area (Å²) >= 11 is 0. The van der Waals surface area contributed by atoms with Gasteiger partial charge in [-0.2, -0.15) is 0 Å². The SMILES string of the molecule is C=C(C(=O)O)C(O)CCCCO. The molecule has 0 aliphatic carbocycles. The molecule has 0 aromatic carbocycles. The van der Waals surface area contributed by atoms with Gasteiger partial charge in [-0.05, 0) is 19.3 Å². The summed E-state index contributed by atoms with van der Waals surface area (Å²) in [6, 6.07) is 0. The fraction of sp³-hybridized carbons (Fsp3) is 0.625. The Morgan fingerprint density at radius 1 is 1.42 bits per heavy atom. The Morgan fingerprint density at radius 3 is 2.42 bits per heavy atom. The predicted octanol–water partition coefficient (Wildman–Crippen LogP) is 0.151. The standard InChI is InChI=1S/C8H14O4/c1-6(8(11)12)7(10)4-2-3-5-9/h7,9-10H,1-5H2,(H,11,12). The Labute approximate surface area is 71.1 Å². The van der Waals surface area contributed by atoms with E-state index in [1.807, 2.05) is 0 Å². The first-order valence-electron chi connectivity index (χ1n) is 3.80. The highest BCUT2D eigenvalue weighted by atomic mass is 16.4. The van der Waals surface area contributed by atoms with Crippen molar-refractivity contribution in [1.82, 2.24) is 0 Å². The number of hydrogen-bond acceptors (Lipinski definition) is 3. The van der Waals surface area contributed by atoms with Gasteiger partial charge in [0.1, 0.15) is 0 Å². The van der Waals surface area contributed by atoms with Crippen LogP contribution in [0.25, 0.3) is 0 Å². The number of carboxylic acids is 1. The second-order valence-corrected chi connectivity index (χ2v) is 2.57. The monoisotopic (exact) mass is 174 g/mol. The van der Waals surface area contributed by atoms with E-state index in [0.717, 1.165) is 0 Å². The van der Waals surface area contributed by atoms with E-state index in [9.17, 15) is 4.79 Å². The topological polar surface area (TPSA) is 77.8 Å². The molecule has 0 aliphatic heterocycles. The predicted molar refractivity (Wildman–Crippen MR) is 43.7 cm³/mol. The smallest absolute Gasteiger partial charge is 0.333 e. The molecule has 0 bridgehead atoms. The summed E-state index contributed by atoms with van der Waals surface area (Å²) in [5, 5.41) is 26.0. The second-order valence-electron chi connectivity index (χ2n) is 2.57. The minimum atomic E-state index is -1.17. The van der Waals surface area contributed by atoms with E-state index in [1.165, 1.54) is 0 Å². The molecule has 4 nitrogen and oxygen atoms in total. The number of carbonyl (C=O) groups is 1. The first-order valence-corrected chi connectivity index (χ1v) is 3.80. The molecule has 1 atom stereocenters. The fourth-order valence-electron chi connectivity index (χ4n) is 0.766. The maximum absolute atomic E-state index is 10.3. The number of unbranched alkanes of at least 4 members (excludes halogenated alkanes) is 1. The van der Waals surface area contributed by atoms with Crippen LogP contribution in [0.15, 0.2) is 12.2 Å². The highest BCUT2D eigenvalue weighted by Crippen LogP contribution is 2.08. The molecule has 12 heavy (non-hydrogen) atoms. The van der Waals surface area contributed by atoms with Crippen molar-refractivity contribution >= 4 is 5.97 Å². The van der Waals surface area contributed by atoms with Crippen molar-refractivity contribution in [2.45, 2.75) is 25.4 Å². The Bertz CT molecular complexity index is 164.